The fourth-order valence-corrected chi connectivity index (χ4v) is 0.836. The van der Waals surface area contributed by atoms with Gasteiger partial charge in [0.15, 0.2) is 0 Å². The highest BCUT2D eigenvalue weighted by molar-refractivity contribution is 4.58. The van der Waals surface area contributed by atoms with Crippen molar-refractivity contribution in [3.05, 3.63) is 0 Å². The van der Waals surface area contributed by atoms with Gasteiger partial charge in [-0.3, -0.25) is 0 Å². The van der Waals surface area contributed by atoms with Gasteiger partial charge in [0.25, 0.3) is 0 Å². The van der Waals surface area contributed by atoms with Crippen LogP contribution in [0.4, 0.5) is 0 Å². The summed E-state index contributed by atoms with van der Waals surface area (Å²) >= 11 is 0. The van der Waals surface area contributed by atoms with Crippen molar-refractivity contribution >= 4 is 0 Å². The molecule has 0 amide bonds. The van der Waals surface area contributed by atoms with Gasteiger partial charge in [0.1, 0.15) is 0 Å². The van der Waals surface area contributed by atoms with Crippen molar-refractivity contribution in [1.82, 2.24) is 5.32 Å². The fourth-order valence-electron chi connectivity index (χ4n) is 0.836. The summed E-state index contributed by atoms with van der Waals surface area (Å²) in [5.74, 6) is 0.692. The van der Waals surface area contributed by atoms with Crippen molar-refractivity contribution in [3.8, 4) is 0 Å². The molecule has 1 aliphatic heterocycles. The molecule has 2 heteroatoms. The minimum atomic E-state index is 0.692. The molecule has 1 heterocycles. The average molecular weight is 145 g/mol. The maximum absolute atomic E-state index is 5.24. The lowest BCUT2D eigenvalue weighted by Crippen LogP contribution is -2.20. The minimum absolute atomic E-state index is 0.692. The Morgan fingerprint density at radius 3 is 2.80 bits per heavy atom. The molecule has 1 atom stereocenters. The van der Waals surface area contributed by atoms with Gasteiger partial charge in [-0.2, -0.15) is 0 Å². The summed E-state index contributed by atoms with van der Waals surface area (Å²) in [5.41, 5.74) is 0. The molecule has 1 saturated heterocycles. The monoisotopic (exact) mass is 145 g/mol. The van der Waals surface area contributed by atoms with Crippen LogP contribution < -0.4 is 5.32 Å². The van der Waals surface area contributed by atoms with Crippen LogP contribution in [0.5, 0.6) is 0 Å². The first kappa shape index (κ1) is 9.92. The predicted molar refractivity (Wildman–Crippen MR) is 44.2 cm³/mol. The quantitative estimate of drug-likeness (QED) is 0.554. The SMILES string of the molecule is CC.CC1CNCCOC1. The summed E-state index contributed by atoms with van der Waals surface area (Å²) in [5, 5.41) is 3.27. The Morgan fingerprint density at radius 1 is 1.40 bits per heavy atom. The van der Waals surface area contributed by atoms with Crippen LogP contribution in [0, 0.1) is 5.92 Å². The normalized spacial score (nSPS) is 26.1. The molecule has 0 aromatic heterocycles. The van der Waals surface area contributed by atoms with Gasteiger partial charge in [-0.1, -0.05) is 20.8 Å². The average Bonchev–Trinajstić information content (AvgIpc) is 2.21. The Morgan fingerprint density at radius 2 is 2.10 bits per heavy atom. The molecule has 0 radical (unpaired) electrons. The second kappa shape index (κ2) is 7.03. The van der Waals surface area contributed by atoms with Crippen molar-refractivity contribution in [2.75, 3.05) is 26.3 Å². The highest BCUT2D eigenvalue weighted by atomic mass is 16.5. The van der Waals surface area contributed by atoms with Crippen LogP contribution in [0.15, 0.2) is 0 Å². The summed E-state index contributed by atoms with van der Waals surface area (Å²) in [6.07, 6.45) is 0. The summed E-state index contributed by atoms with van der Waals surface area (Å²) in [6, 6.07) is 0. The second-order valence-corrected chi connectivity index (χ2v) is 2.38. The Balaban J connectivity index is 0.000000371. The molecule has 0 aliphatic carbocycles. The van der Waals surface area contributed by atoms with Gasteiger partial charge in [-0.05, 0) is 12.5 Å². The van der Waals surface area contributed by atoms with E-state index in [-0.39, 0.29) is 0 Å². The first-order valence-corrected chi connectivity index (χ1v) is 4.18. The predicted octanol–water partition coefficient (Wildman–Crippen LogP) is 1.27. The van der Waals surface area contributed by atoms with E-state index in [0.717, 1.165) is 26.3 Å². The van der Waals surface area contributed by atoms with Gasteiger partial charge >= 0.3 is 0 Å². The molecule has 1 aliphatic rings. The van der Waals surface area contributed by atoms with Crippen LogP contribution in [0.2, 0.25) is 0 Å². The molecule has 2 nitrogen and oxygen atoms in total. The van der Waals surface area contributed by atoms with E-state index in [0.29, 0.717) is 5.92 Å². The highest BCUT2D eigenvalue weighted by Crippen LogP contribution is 1.95. The number of nitrogens with one attached hydrogen (secondary N) is 1. The Kier molecular flexibility index (Phi) is 6.98. The third-order valence-electron chi connectivity index (χ3n) is 1.32. The third-order valence-corrected chi connectivity index (χ3v) is 1.32. The Labute approximate surface area is 64.0 Å². The lowest BCUT2D eigenvalue weighted by molar-refractivity contribution is 0.128. The molecule has 0 aromatic carbocycles. The number of hydrogen-bond donors (Lipinski definition) is 1. The topological polar surface area (TPSA) is 21.3 Å². The van der Waals surface area contributed by atoms with Crippen molar-refractivity contribution in [1.29, 1.82) is 0 Å². The minimum Gasteiger partial charge on any atom is -0.380 e. The van der Waals surface area contributed by atoms with Crippen molar-refractivity contribution < 1.29 is 4.74 Å². The molecule has 1 fully saturated rings. The third kappa shape index (κ3) is 4.77. The first-order valence-electron chi connectivity index (χ1n) is 4.18. The van der Waals surface area contributed by atoms with E-state index < -0.39 is 0 Å². The lowest BCUT2D eigenvalue weighted by Gasteiger charge is -2.03. The van der Waals surface area contributed by atoms with E-state index in [9.17, 15) is 0 Å². The maximum atomic E-state index is 5.24. The zero-order chi connectivity index (χ0) is 7.82. The molecule has 0 bridgehead atoms. The van der Waals surface area contributed by atoms with Gasteiger partial charge in [-0.25, -0.2) is 0 Å². The summed E-state index contributed by atoms with van der Waals surface area (Å²) in [4.78, 5) is 0. The molecule has 0 saturated carbocycles. The summed E-state index contributed by atoms with van der Waals surface area (Å²) in [6.45, 7) is 10.1. The smallest absolute Gasteiger partial charge is 0.0591 e. The molecule has 1 N–H and O–H groups in total. The molecule has 0 spiro atoms. The van der Waals surface area contributed by atoms with Crippen molar-refractivity contribution in [2.45, 2.75) is 20.8 Å². The van der Waals surface area contributed by atoms with Crippen LogP contribution in [-0.2, 0) is 4.74 Å². The van der Waals surface area contributed by atoms with Gasteiger partial charge in [0.05, 0.1) is 13.2 Å². The standard InChI is InChI=1S/C6H13NO.C2H6/c1-6-4-7-2-3-8-5-6;1-2/h6-7H,2-5H2,1H3;1-2H3. The fraction of sp³-hybridized carbons (Fsp3) is 1.00. The van der Waals surface area contributed by atoms with E-state index in [1.54, 1.807) is 0 Å². The first-order chi connectivity index (χ1) is 4.89. The van der Waals surface area contributed by atoms with Gasteiger partial charge in [0, 0.05) is 6.54 Å². The molecule has 0 aromatic rings. The van der Waals surface area contributed by atoms with Crippen molar-refractivity contribution in [2.24, 2.45) is 5.92 Å². The lowest BCUT2D eigenvalue weighted by atomic mass is 10.2. The number of ether oxygens (including phenoxy) is 1. The number of rotatable bonds is 0. The van der Waals surface area contributed by atoms with Crippen LogP contribution in [-0.4, -0.2) is 26.3 Å². The molecular formula is C8H19NO. The molecule has 62 valence electrons. The highest BCUT2D eigenvalue weighted by Gasteiger charge is 2.04. The summed E-state index contributed by atoms with van der Waals surface area (Å²) < 4.78 is 5.24. The molecule has 10 heavy (non-hydrogen) atoms. The molecular weight excluding hydrogens is 126 g/mol. The van der Waals surface area contributed by atoms with Gasteiger partial charge < -0.3 is 10.1 Å². The van der Waals surface area contributed by atoms with Crippen LogP contribution in [0.25, 0.3) is 0 Å². The van der Waals surface area contributed by atoms with Crippen LogP contribution in [0.1, 0.15) is 20.8 Å². The van der Waals surface area contributed by atoms with Crippen molar-refractivity contribution in [3.63, 3.8) is 0 Å². The van der Waals surface area contributed by atoms with E-state index in [1.807, 2.05) is 13.8 Å². The Hall–Kier alpha value is -0.0800. The molecule has 1 unspecified atom stereocenters. The van der Waals surface area contributed by atoms with E-state index in [4.69, 9.17) is 4.74 Å². The summed E-state index contributed by atoms with van der Waals surface area (Å²) in [7, 11) is 0. The second-order valence-electron chi connectivity index (χ2n) is 2.38. The van der Waals surface area contributed by atoms with Crippen LogP contribution in [0.3, 0.4) is 0 Å². The zero-order valence-corrected chi connectivity index (χ0v) is 7.31. The van der Waals surface area contributed by atoms with Crippen LogP contribution >= 0.6 is 0 Å². The molecule has 1 rings (SSSR count). The largest absolute Gasteiger partial charge is 0.380 e. The van der Waals surface area contributed by atoms with Gasteiger partial charge in [-0.15, -0.1) is 0 Å². The van der Waals surface area contributed by atoms with E-state index >= 15 is 0 Å². The van der Waals surface area contributed by atoms with E-state index in [1.165, 1.54) is 0 Å². The number of hydrogen-bond acceptors (Lipinski definition) is 2. The van der Waals surface area contributed by atoms with Gasteiger partial charge in [0.2, 0.25) is 0 Å². The maximum Gasteiger partial charge on any atom is 0.0591 e. The zero-order valence-electron chi connectivity index (χ0n) is 7.31. The Bertz CT molecular complexity index is 58.3. The van der Waals surface area contributed by atoms with E-state index in [2.05, 4.69) is 12.2 Å².